The lowest BCUT2D eigenvalue weighted by Crippen LogP contribution is -2.23. The molecule has 0 heterocycles. The van der Waals surface area contributed by atoms with Gasteiger partial charge in [-0.25, -0.2) is 0 Å². The van der Waals surface area contributed by atoms with Crippen LogP contribution in [0.1, 0.15) is 438 Å². The van der Waals surface area contributed by atoms with E-state index in [9.17, 15) is 0 Å². The quantitative estimate of drug-likeness (QED) is 0.183. The second kappa shape index (κ2) is 55.8. The second-order valence-electron chi connectivity index (χ2n) is 34.2. The normalized spacial score (nSPS) is 24.1. The van der Waals surface area contributed by atoms with E-state index in [2.05, 4.69) is 201 Å². The largest absolute Gasteiger partial charge is 0.0654 e. The van der Waals surface area contributed by atoms with Crippen LogP contribution in [0.5, 0.6) is 0 Å². The van der Waals surface area contributed by atoms with Gasteiger partial charge < -0.3 is 0 Å². The van der Waals surface area contributed by atoms with Crippen LogP contribution in [0.3, 0.4) is 0 Å². The van der Waals surface area contributed by atoms with Gasteiger partial charge in [0.05, 0.1) is 0 Å². The molecule has 0 radical (unpaired) electrons. The van der Waals surface area contributed by atoms with Gasteiger partial charge in [-0.05, 0) is 137 Å². The lowest BCUT2D eigenvalue weighted by atomic mass is 9.69. The van der Waals surface area contributed by atoms with E-state index in [1.807, 2.05) is 0 Å². The Balaban J connectivity index is -0.000000416. The first kappa shape index (κ1) is 90.4. The Bertz CT molecular complexity index is 1210. The fourth-order valence-electron chi connectivity index (χ4n) is 11.9. The van der Waals surface area contributed by atoms with E-state index in [0.717, 1.165) is 94.2 Å². The maximum absolute atomic E-state index is 2.39. The molecule has 8 rings (SSSR count). The first-order chi connectivity index (χ1) is 39.2. The van der Waals surface area contributed by atoms with Crippen LogP contribution >= 0.6 is 0 Å². The molecular formula is C84H176. The topological polar surface area (TPSA) is 0 Å². The van der Waals surface area contributed by atoms with Crippen molar-refractivity contribution in [2.75, 3.05) is 0 Å². The van der Waals surface area contributed by atoms with Crippen LogP contribution < -0.4 is 0 Å². The monoisotopic (exact) mass is 1190 g/mol. The second-order valence-corrected chi connectivity index (χ2v) is 34.2. The van der Waals surface area contributed by atoms with E-state index in [0.29, 0.717) is 10.8 Å². The molecule has 0 nitrogen and oxygen atoms in total. The van der Waals surface area contributed by atoms with E-state index in [1.165, 1.54) is 238 Å². The van der Waals surface area contributed by atoms with Crippen molar-refractivity contribution < 1.29 is 0 Å². The molecule has 0 aromatic rings. The van der Waals surface area contributed by atoms with E-state index in [1.54, 1.807) is 0 Å². The maximum atomic E-state index is 2.39. The van der Waals surface area contributed by atoms with Gasteiger partial charge in [0.15, 0.2) is 0 Å². The Hall–Kier alpha value is 0. The molecule has 0 amide bonds. The van der Waals surface area contributed by atoms with Gasteiger partial charge >= 0.3 is 0 Å². The minimum Gasteiger partial charge on any atom is -0.0654 e. The summed E-state index contributed by atoms with van der Waals surface area (Å²) in [4.78, 5) is 0. The van der Waals surface area contributed by atoms with Crippen molar-refractivity contribution in [1.82, 2.24) is 0 Å². The van der Waals surface area contributed by atoms with Crippen LogP contribution in [0, 0.1) is 105 Å². The van der Waals surface area contributed by atoms with E-state index in [4.69, 9.17) is 0 Å². The molecule has 8 aliphatic carbocycles. The average molecular weight is 1190 g/mol. The summed E-state index contributed by atoms with van der Waals surface area (Å²) in [6.45, 7) is 66.7. The van der Waals surface area contributed by atoms with Crippen LogP contribution in [0.15, 0.2) is 0 Å². The van der Waals surface area contributed by atoms with Gasteiger partial charge in [-0.3, -0.25) is 0 Å². The van der Waals surface area contributed by atoms with E-state index < -0.39 is 0 Å². The minimum absolute atomic E-state index is 0.500. The summed E-state index contributed by atoms with van der Waals surface area (Å²) < 4.78 is 0. The van der Waals surface area contributed by atoms with Crippen LogP contribution in [0.25, 0.3) is 0 Å². The van der Waals surface area contributed by atoms with Gasteiger partial charge in [0.1, 0.15) is 0 Å². The van der Waals surface area contributed by atoms with E-state index >= 15 is 0 Å². The highest BCUT2D eigenvalue weighted by molar-refractivity contribution is 4.81. The Morgan fingerprint density at radius 3 is 0.917 bits per heavy atom. The van der Waals surface area contributed by atoms with Gasteiger partial charge in [-0.15, -0.1) is 0 Å². The third-order valence-corrected chi connectivity index (χ3v) is 23.4. The molecule has 8 fully saturated rings. The van der Waals surface area contributed by atoms with Crippen molar-refractivity contribution in [3.05, 3.63) is 0 Å². The highest BCUT2D eigenvalue weighted by Gasteiger charge is 2.29. The predicted molar refractivity (Wildman–Crippen MR) is 395 cm³/mol. The summed E-state index contributed by atoms with van der Waals surface area (Å²) in [7, 11) is 0. The molecule has 0 bridgehead atoms. The van der Waals surface area contributed by atoms with Crippen LogP contribution in [0.2, 0.25) is 0 Å². The molecule has 0 aromatic heterocycles. The molecule has 5 unspecified atom stereocenters. The SMILES string of the molecule is CC(C)C(C)(C)C.CC(C)C1CCC1.CC1(C)CCCC1.CC1CCCCC1.CC1CCC[C@H]1C.CC1CC[C@@H](C)C1.CCC(C)C(C)C.CCC(C)C(C)C.CCC1(C)CCC1.CCC1CCCC1.CCCC(C)CC.CCCC1CCC1. The van der Waals surface area contributed by atoms with Gasteiger partial charge in [0, 0.05) is 0 Å². The number of hydrogen-bond donors (Lipinski definition) is 0. The van der Waals surface area contributed by atoms with Crippen molar-refractivity contribution in [1.29, 1.82) is 0 Å². The first-order valence-electron chi connectivity index (χ1n) is 39.2. The van der Waals surface area contributed by atoms with Crippen molar-refractivity contribution in [3.63, 3.8) is 0 Å². The summed E-state index contributed by atoms with van der Waals surface area (Å²) in [5, 5.41) is 0. The molecule has 0 N–H and O–H groups in total. The number of hydrogen-bond acceptors (Lipinski definition) is 0. The Labute approximate surface area is 540 Å². The third-order valence-electron chi connectivity index (χ3n) is 23.4. The minimum atomic E-state index is 0.500. The molecule has 7 atom stereocenters. The lowest BCUT2D eigenvalue weighted by molar-refractivity contribution is 0.155. The molecule has 0 heteroatoms. The van der Waals surface area contributed by atoms with Crippen LogP contribution in [-0.2, 0) is 0 Å². The standard InChI is InChI=1S/8C7H14.4C7H16/c1-6-3-4-7(2)5-6;1-7(2)5-3-4-6-7;1-6-4-3-5-7(6)2;1-6(2)7-4-3-5-7;1-7-5-3-2-4-6-7;1-3-7(2)5-4-6-7;1-2-7-5-3-4-6-7;1-2-4-7-5-3-6-7;1-6(2)7(3,4)5;2*1-5-7(4)6(2)3;1-4-6-7(3)5-2/h6-7H,3-5H2,1-2H3;3-6H2,1-2H3;2*6-7H,3-5H2,1-2H3;7H,2-6H2,1H3;3-6H2,1-2H3;2*7H,2-6H2,1H3;6H,1-5H3;2*6-7H,5H2,1-4H3;7H,4-6H2,1-3H3/t6-,7?;;6-,7?;;;;;;;;;/m1.1........./s1. The molecule has 0 spiro atoms. The Kier molecular flexibility index (Phi) is 60.1. The first-order valence-corrected chi connectivity index (χ1v) is 39.2. The molecule has 0 aliphatic heterocycles. The Morgan fingerprint density at radius 2 is 0.810 bits per heavy atom. The summed E-state index contributed by atoms with van der Waals surface area (Å²) in [6.07, 6.45) is 54.0. The molecule has 0 saturated heterocycles. The van der Waals surface area contributed by atoms with Gasteiger partial charge in [0.2, 0.25) is 0 Å². The van der Waals surface area contributed by atoms with Gasteiger partial charge in [0.25, 0.3) is 0 Å². The molecule has 512 valence electrons. The highest BCUT2D eigenvalue weighted by atomic mass is 14.3. The third kappa shape index (κ3) is 56.0. The zero-order valence-electron chi connectivity index (χ0n) is 65.3. The van der Waals surface area contributed by atoms with Gasteiger partial charge in [-0.1, -0.05) is 406 Å². The Morgan fingerprint density at radius 1 is 0.405 bits per heavy atom. The summed E-state index contributed by atoms with van der Waals surface area (Å²) in [5.74, 6) is 14.7. The molecule has 0 aromatic carbocycles. The molecule has 84 heavy (non-hydrogen) atoms. The molecule has 8 aliphatic rings. The maximum Gasteiger partial charge on any atom is -0.0328 e. The fraction of sp³-hybridized carbons (Fsp3) is 1.00. The fourth-order valence-corrected chi connectivity index (χ4v) is 11.9. The highest BCUT2D eigenvalue weighted by Crippen LogP contribution is 2.43. The number of rotatable bonds is 12. The van der Waals surface area contributed by atoms with E-state index in [-0.39, 0.29) is 0 Å². The van der Waals surface area contributed by atoms with Crippen molar-refractivity contribution in [2.24, 2.45) is 105 Å². The van der Waals surface area contributed by atoms with Crippen molar-refractivity contribution in [2.45, 2.75) is 438 Å². The van der Waals surface area contributed by atoms with Crippen molar-refractivity contribution >= 4 is 0 Å². The average Bonchev–Trinajstić information content (AvgIpc) is 4.26. The van der Waals surface area contributed by atoms with Crippen molar-refractivity contribution in [3.8, 4) is 0 Å². The predicted octanol–water partition coefficient (Wildman–Crippen LogP) is 31.2. The lowest BCUT2D eigenvalue weighted by Gasteiger charge is -2.37. The summed E-state index contributed by atoms with van der Waals surface area (Å²) in [6, 6.07) is 0. The summed E-state index contributed by atoms with van der Waals surface area (Å²) in [5.41, 5.74) is 1.96. The molecule has 8 saturated carbocycles. The van der Waals surface area contributed by atoms with Crippen LogP contribution in [0.4, 0.5) is 0 Å². The zero-order chi connectivity index (χ0) is 65.3. The summed E-state index contributed by atoms with van der Waals surface area (Å²) >= 11 is 0. The van der Waals surface area contributed by atoms with Crippen LogP contribution in [-0.4, -0.2) is 0 Å². The molecular weight excluding hydrogens is 1010 g/mol. The van der Waals surface area contributed by atoms with Gasteiger partial charge in [-0.2, -0.15) is 0 Å². The zero-order valence-corrected chi connectivity index (χ0v) is 65.3. The smallest absolute Gasteiger partial charge is 0.0328 e.